The Bertz CT molecular complexity index is 218. The summed E-state index contributed by atoms with van der Waals surface area (Å²) in [4.78, 5) is 0. The highest BCUT2D eigenvalue weighted by atomic mass is 14.8. The van der Waals surface area contributed by atoms with E-state index < -0.39 is 0 Å². The van der Waals surface area contributed by atoms with Crippen molar-refractivity contribution in [3.8, 4) is 0 Å². The lowest BCUT2D eigenvalue weighted by Crippen LogP contribution is -2.14. The maximum Gasteiger partial charge on any atom is 0.0205 e. The van der Waals surface area contributed by atoms with Crippen molar-refractivity contribution in [2.75, 3.05) is 6.54 Å². The monoisotopic (exact) mass is 190 g/mol. The standard InChI is InChI=1S/C13H20N/c1-2-3-4-8-11-14-12-13-9-6-5-7-10-13/h5-10,14H,2-4,11-12H2,1H3. The molecule has 1 nitrogen and oxygen atoms in total. The third-order valence-corrected chi connectivity index (χ3v) is 2.22. The lowest BCUT2D eigenvalue weighted by atomic mass is 10.2. The first-order valence-electron chi connectivity index (χ1n) is 5.49. The highest BCUT2D eigenvalue weighted by molar-refractivity contribution is 5.14. The van der Waals surface area contributed by atoms with Crippen molar-refractivity contribution in [3.05, 3.63) is 42.3 Å². The molecule has 1 heteroatoms. The van der Waals surface area contributed by atoms with Gasteiger partial charge in [-0.25, -0.2) is 0 Å². The summed E-state index contributed by atoms with van der Waals surface area (Å²) in [6, 6.07) is 10.5. The zero-order valence-corrected chi connectivity index (χ0v) is 9.00. The summed E-state index contributed by atoms with van der Waals surface area (Å²) in [6.07, 6.45) is 6.16. The normalized spacial score (nSPS) is 10.4. The predicted molar refractivity (Wildman–Crippen MR) is 62.0 cm³/mol. The Labute approximate surface area is 87.5 Å². The fourth-order valence-electron chi connectivity index (χ4n) is 1.36. The number of hydrogen-bond acceptors (Lipinski definition) is 1. The van der Waals surface area contributed by atoms with Crippen molar-refractivity contribution >= 4 is 0 Å². The van der Waals surface area contributed by atoms with E-state index in [2.05, 4.69) is 49.0 Å². The number of benzene rings is 1. The van der Waals surface area contributed by atoms with E-state index in [0.29, 0.717) is 0 Å². The summed E-state index contributed by atoms with van der Waals surface area (Å²) < 4.78 is 0. The lowest BCUT2D eigenvalue weighted by Gasteiger charge is -2.03. The molecule has 0 aliphatic rings. The van der Waals surface area contributed by atoms with Crippen LogP contribution >= 0.6 is 0 Å². The van der Waals surface area contributed by atoms with Gasteiger partial charge in [0.2, 0.25) is 0 Å². The maximum absolute atomic E-state index is 3.41. The minimum atomic E-state index is 0.976. The van der Waals surface area contributed by atoms with Gasteiger partial charge < -0.3 is 5.32 Å². The van der Waals surface area contributed by atoms with Crippen LogP contribution in [0.2, 0.25) is 0 Å². The summed E-state index contributed by atoms with van der Waals surface area (Å²) in [6.45, 7) is 4.23. The molecule has 0 unspecified atom stereocenters. The van der Waals surface area contributed by atoms with Crippen molar-refractivity contribution in [1.29, 1.82) is 0 Å². The van der Waals surface area contributed by atoms with Gasteiger partial charge >= 0.3 is 0 Å². The molecule has 1 aromatic carbocycles. The van der Waals surface area contributed by atoms with Crippen LogP contribution in [0.3, 0.4) is 0 Å². The number of hydrogen-bond donors (Lipinski definition) is 1. The molecule has 77 valence electrons. The van der Waals surface area contributed by atoms with Gasteiger partial charge in [0.05, 0.1) is 0 Å². The summed E-state index contributed by atoms with van der Waals surface area (Å²) in [5.41, 5.74) is 1.36. The average molecular weight is 190 g/mol. The molecular weight excluding hydrogens is 170 g/mol. The average Bonchev–Trinajstić information content (AvgIpc) is 2.25. The molecule has 1 N–H and O–H groups in total. The van der Waals surface area contributed by atoms with Crippen LogP contribution in [0.15, 0.2) is 30.3 Å². The van der Waals surface area contributed by atoms with Gasteiger partial charge in [0, 0.05) is 6.54 Å². The number of unbranched alkanes of at least 4 members (excludes halogenated alkanes) is 3. The van der Waals surface area contributed by atoms with Crippen LogP contribution < -0.4 is 5.32 Å². The van der Waals surface area contributed by atoms with Crippen molar-refractivity contribution in [1.82, 2.24) is 5.32 Å². The van der Waals surface area contributed by atoms with Crippen LogP contribution in [0.1, 0.15) is 31.7 Å². The van der Waals surface area contributed by atoms with Crippen LogP contribution in [-0.2, 0) is 6.54 Å². The molecule has 1 radical (unpaired) electrons. The Morgan fingerprint density at radius 1 is 1.21 bits per heavy atom. The molecule has 0 bridgehead atoms. The second-order valence-electron chi connectivity index (χ2n) is 3.55. The Balaban J connectivity index is 1.99. The summed E-state index contributed by atoms with van der Waals surface area (Å²) in [5.74, 6) is 0. The Morgan fingerprint density at radius 3 is 2.71 bits per heavy atom. The zero-order valence-electron chi connectivity index (χ0n) is 9.00. The first-order chi connectivity index (χ1) is 6.93. The molecule has 0 spiro atoms. The van der Waals surface area contributed by atoms with E-state index in [1.165, 1.54) is 24.8 Å². The van der Waals surface area contributed by atoms with Gasteiger partial charge in [-0.15, -0.1) is 0 Å². The summed E-state index contributed by atoms with van der Waals surface area (Å²) >= 11 is 0. The zero-order chi connectivity index (χ0) is 10.1. The molecule has 0 fully saturated rings. The Morgan fingerprint density at radius 2 is 2.00 bits per heavy atom. The van der Waals surface area contributed by atoms with Gasteiger partial charge in [0.1, 0.15) is 0 Å². The molecule has 0 aliphatic carbocycles. The molecule has 0 aromatic heterocycles. The Hall–Kier alpha value is -0.820. The fraction of sp³-hybridized carbons (Fsp3) is 0.462. The molecule has 0 saturated carbocycles. The van der Waals surface area contributed by atoms with E-state index in [9.17, 15) is 0 Å². The van der Waals surface area contributed by atoms with E-state index in [1.807, 2.05) is 0 Å². The van der Waals surface area contributed by atoms with Crippen molar-refractivity contribution < 1.29 is 0 Å². The van der Waals surface area contributed by atoms with E-state index in [4.69, 9.17) is 0 Å². The number of rotatable bonds is 7. The quantitative estimate of drug-likeness (QED) is 0.651. The van der Waals surface area contributed by atoms with Crippen molar-refractivity contribution in [2.45, 2.75) is 32.7 Å². The van der Waals surface area contributed by atoms with Gasteiger partial charge in [-0.2, -0.15) is 0 Å². The summed E-state index contributed by atoms with van der Waals surface area (Å²) in [7, 11) is 0. The van der Waals surface area contributed by atoms with Crippen molar-refractivity contribution in [2.24, 2.45) is 0 Å². The van der Waals surface area contributed by atoms with Crippen LogP contribution in [0.4, 0.5) is 0 Å². The van der Waals surface area contributed by atoms with Crippen LogP contribution in [0.25, 0.3) is 0 Å². The maximum atomic E-state index is 3.41. The minimum Gasteiger partial charge on any atom is -0.312 e. The SMILES string of the molecule is CCCC[CH]CNCc1ccccc1. The molecule has 0 saturated heterocycles. The first kappa shape index (κ1) is 11.3. The van der Waals surface area contributed by atoms with Gasteiger partial charge in [-0.05, 0) is 24.9 Å². The predicted octanol–water partition coefficient (Wildman–Crippen LogP) is 3.17. The van der Waals surface area contributed by atoms with Crippen molar-refractivity contribution in [3.63, 3.8) is 0 Å². The molecule has 1 aromatic rings. The van der Waals surface area contributed by atoms with Crippen LogP contribution in [-0.4, -0.2) is 6.54 Å². The fourth-order valence-corrected chi connectivity index (χ4v) is 1.36. The molecule has 0 amide bonds. The lowest BCUT2D eigenvalue weighted by molar-refractivity contribution is 0.688. The van der Waals surface area contributed by atoms with Crippen LogP contribution in [0.5, 0.6) is 0 Å². The highest BCUT2D eigenvalue weighted by Crippen LogP contribution is 1.99. The second kappa shape index (κ2) is 7.57. The molecule has 0 heterocycles. The molecule has 14 heavy (non-hydrogen) atoms. The van der Waals surface area contributed by atoms with E-state index in [0.717, 1.165) is 13.1 Å². The Kier molecular flexibility index (Phi) is 6.09. The van der Waals surface area contributed by atoms with Crippen LogP contribution in [0, 0.1) is 6.42 Å². The van der Waals surface area contributed by atoms with E-state index in [1.54, 1.807) is 0 Å². The van der Waals surface area contributed by atoms with Gasteiger partial charge in [0.15, 0.2) is 0 Å². The second-order valence-corrected chi connectivity index (χ2v) is 3.55. The molecule has 0 aliphatic heterocycles. The molecular formula is C13H20N. The van der Waals surface area contributed by atoms with Gasteiger partial charge in [0.25, 0.3) is 0 Å². The van der Waals surface area contributed by atoms with Gasteiger partial charge in [-0.1, -0.05) is 50.1 Å². The number of nitrogens with one attached hydrogen (secondary N) is 1. The third kappa shape index (κ3) is 5.03. The topological polar surface area (TPSA) is 12.0 Å². The van der Waals surface area contributed by atoms with Gasteiger partial charge in [-0.3, -0.25) is 0 Å². The largest absolute Gasteiger partial charge is 0.312 e. The van der Waals surface area contributed by atoms with E-state index in [-0.39, 0.29) is 0 Å². The highest BCUT2D eigenvalue weighted by Gasteiger charge is 1.90. The first-order valence-corrected chi connectivity index (χ1v) is 5.49. The molecule has 0 atom stereocenters. The molecule has 1 rings (SSSR count). The minimum absolute atomic E-state index is 0.976. The third-order valence-electron chi connectivity index (χ3n) is 2.22. The smallest absolute Gasteiger partial charge is 0.0205 e. The van der Waals surface area contributed by atoms with E-state index >= 15 is 0 Å². The summed E-state index contributed by atoms with van der Waals surface area (Å²) in [5, 5.41) is 3.41.